The number of Topliss-reactive ketones (excluding diaryl/α,β-unsaturated/α-hetero) is 1. The fourth-order valence-electron chi connectivity index (χ4n) is 1.01. The van der Waals surface area contributed by atoms with Crippen LogP contribution in [0.25, 0.3) is 0 Å². The van der Waals surface area contributed by atoms with Gasteiger partial charge in [0.1, 0.15) is 11.7 Å². The number of nitriles is 1. The summed E-state index contributed by atoms with van der Waals surface area (Å²) in [5, 5.41) is 8.55. The molecule has 0 heterocycles. The van der Waals surface area contributed by atoms with Crippen LogP contribution in [0.15, 0.2) is 18.2 Å². The van der Waals surface area contributed by atoms with Gasteiger partial charge in [0.2, 0.25) is 0 Å². The number of carbonyl (C=O) groups is 1. The lowest BCUT2D eigenvalue weighted by atomic mass is 10.0. The van der Waals surface area contributed by atoms with E-state index in [4.69, 9.17) is 16.9 Å². The van der Waals surface area contributed by atoms with Gasteiger partial charge in [0, 0.05) is 0 Å². The highest BCUT2D eigenvalue weighted by atomic mass is 35.5. The van der Waals surface area contributed by atoms with Crippen LogP contribution in [0.2, 0.25) is 5.02 Å². The Hall–Kier alpha value is -1.40. The molecule has 0 bridgehead atoms. The fraction of sp³-hybridized carbons (Fsp3) is 0.200. The Morgan fingerprint density at radius 3 is 2.79 bits per heavy atom. The summed E-state index contributed by atoms with van der Waals surface area (Å²) in [6, 6.07) is 5.71. The fourth-order valence-corrected chi connectivity index (χ4v) is 1.26. The molecule has 0 aliphatic rings. The lowest BCUT2D eigenvalue weighted by Gasteiger charge is -2.05. The first-order chi connectivity index (χ1) is 6.57. The summed E-state index contributed by atoms with van der Waals surface area (Å²) < 4.78 is 13.2. The maximum Gasteiger partial charge on any atom is 0.184 e. The molecule has 0 aromatic heterocycles. The zero-order valence-corrected chi connectivity index (χ0v) is 8.18. The van der Waals surface area contributed by atoms with Crippen LogP contribution < -0.4 is 0 Å². The van der Waals surface area contributed by atoms with Crippen molar-refractivity contribution in [3.8, 4) is 6.07 Å². The third-order valence-corrected chi connectivity index (χ3v) is 2.11. The van der Waals surface area contributed by atoms with Crippen LogP contribution in [0.4, 0.5) is 4.39 Å². The molecular formula is C10H7ClFNO. The Kier molecular flexibility index (Phi) is 3.21. The van der Waals surface area contributed by atoms with Gasteiger partial charge in [-0.25, -0.2) is 4.39 Å². The predicted octanol–water partition coefficient (Wildman–Crippen LogP) is 2.82. The molecular weight excluding hydrogens is 205 g/mol. The molecule has 0 N–H and O–H groups in total. The molecule has 0 radical (unpaired) electrons. The first kappa shape index (κ1) is 10.7. The van der Waals surface area contributed by atoms with Crippen molar-refractivity contribution in [2.24, 2.45) is 5.92 Å². The van der Waals surface area contributed by atoms with Gasteiger partial charge in [0.05, 0.1) is 16.7 Å². The average Bonchev–Trinajstić information content (AvgIpc) is 2.16. The van der Waals surface area contributed by atoms with Gasteiger partial charge in [-0.3, -0.25) is 4.79 Å². The van der Waals surface area contributed by atoms with Crippen molar-refractivity contribution < 1.29 is 9.18 Å². The molecule has 0 saturated carbocycles. The van der Waals surface area contributed by atoms with Gasteiger partial charge < -0.3 is 0 Å². The molecule has 0 spiro atoms. The maximum atomic E-state index is 13.2. The van der Waals surface area contributed by atoms with Gasteiger partial charge in [0.25, 0.3) is 0 Å². The zero-order chi connectivity index (χ0) is 10.7. The van der Waals surface area contributed by atoms with Crippen molar-refractivity contribution in [3.05, 3.63) is 34.6 Å². The summed E-state index contributed by atoms with van der Waals surface area (Å²) in [6.45, 7) is 1.41. The molecule has 1 atom stereocenters. The van der Waals surface area contributed by atoms with Crippen molar-refractivity contribution in [2.45, 2.75) is 6.92 Å². The Bertz CT molecular complexity index is 391. The molecule has 1 unspecified atom stereocenters. The monoisotopic (exact) mass is 211 g/mol. The molecule has 1 rings (SSSR count). The summed E-state index contributed by atoms with van der Waals surface area (Å²) in [6.07, 6.45) is 0. The standard InChI is InChI=1S/C10H7ClFNO/c1-6(5-13)10(14)9-7(11)3-2-4-8(9)12/h2-4,6H,1H3. The SMILES string of the molecule is CC(C#N)C(=O)c1c(F)cccc1Cl. The Morgan fingerprint density at radius 1 is 1.64 bits per heavy atom. The van der Waals surface area contributed by atoms with Crippen molar-refractivity contribution in [3.63, 3.8) is 0 Å². The second-order valence-electron chi connectivity index (χ2n) is 2.81. The minimum atomic E-state index is -0.885. The van der Waals surface area contributed by atoms with Crippen LogP contribution in [-0.4, -0.2) is 5.78 Å². The van der Waals surface area contributed by atoms with E-state index in [9.17, 15) is 9.18 Å². The van der Waals surface area contributed by atoms with Crippen molar-refractivity contribution >= 4 is 17.4 Å². The van der Waals surface area contributed by atoms with E-state index in [0.29, 0.717) is 0 Å². The normalized spacial score (nSPS) is 11.9. The van der Waals surface area contributed by atoms with E-state index in [1.54, 1.807) is 6.07 Å². The van der Waals surface area contributed by atoms with Crippen molar-refractivity contribution in [2.75, 3.05) is 0 Å². The third kappa shape index (κ3) is 1.91. The lowest BCUT2D eigenvalue weighted by molar-refractivity contribution is 0.0952. The van der Waals surface area contributed by atoms with Crippen LogP contribution in [-0.2, 0) is 0 Å². The van der Waals surface area contributed by atoms with Gasteiger partial charge in [-0.05, 0) is 19.1 Å². The second kappa shape index (κ2) is 4.21. The van der Waals surface area contributed by atoms with E-state index in [0.717, 1.165) is 6.07 Å². The molecule has 4 heteroatoms. The number of halogens is 2. The van der Waals surface area contributed by atoms with E-state index in [-0.39, 0.29) is 10.6 Å². The van der Waals surface area contributed by atoms with Gasteiger partial charge in [0.15, 0.2) is 5.78 Å². The van der Waals surface area contributed by atoms with E-state index in [1.807, 2.05) is 0 Å². The molecule has 0 saturated heterocycles. The minimum absolute atomic E-state index is 0.0390. The van der Waals surface area contributed by atoms with Crippen molar-refractivity contribution in [1.29, 1.82) is 5.26 Å². The summed E-state index contributed by atoms with van der Waals surface area (Å²) in [5.41, 5.74) is -0.205. The summed E-state index contributed by atoms with van der Waals surface area (Å²) in [5.74, 6) is -2.16. The highest BCUT2D eigenvalue weighted by Gasteiger charge is 2.20. The molecule has 72 valence electrons. The van der Waals surface area contributed by atoms with Crippen LogP contribution in [0.1, 0.15) is 17.3 Å². The Labute approximate surface area is 85.9 Å². The number of rotatable bonds is 2. The molecule has 1 aromatic rings. The largest absolute Gasteiger partial charge is 0.293 e. The predicted molar refractivity (Wildman–Crippen MR) is 50.5 cm³/mol. The van der Waals surface area contributed by atoms with E-state index in [1.165, 1.54) is 19.1 Å². The van der Waals surface area contributed by atoms with Crippen molar-refractivity contribution in [1.82, 2.24) is 0 Å². The first-order valence-corrected chi connectivity index (χ1v) is 4.33. The zero-order valence-electron chi connectivity index (χ0n) is 7.42. The van der Waals surface area contributed by atoms with Gasteiger partial charge >= 0.3 is 0 Å². The Morgan fingerprint density at radius 2 is 2.29 bits per heavy atom. The van der Waals surface area contributed by atoms with Crippen LogP contribution in [0, 0.1) is 23.1 Å². The highest BCUT2D eigenvalue weighted by molar-refractivity contribution is 6.34. The topological polar surface area (TPSA) is 40.9 Å². The van der Waals surface area contributed by atoms with Gasteiger partial charge in [-0.2, -0.15) is 5.26 Å². The summed E-state index contributed by atoms with van der Waals surface area (Å²) >= 11 is 5.66. The molecule has 0 aliphatic carbocycles. The first-order valence-electron chi connectivity index (χ1n) is 3.95. The molecule has 0 aliphatic heterocycles. The molecule has 2 nitrogen and oxygen atoms in total. The van der Waals surface area contributed by atoms with E-state index < -0.39 is 17.5 Å². The quantitative estimate of drug-likeness (QED) is 0.706. The van der Waals surface area contributed by atoms with Crippen LogP contribution >= 0.6 is 11.6 Å². The molecule has 14 heavy (non-hydrogen) atoms. The number of benzene rings is 1. The van der Waals surface area contributed by atoms with E-state index >= 15 is 0 Å². The number of nitrogens with zero attached hydrogens (tertiary/aromatic N) is 1. The maximum absolute atomic E-state index is 13.2. The van der Waals surface area contributed by atoms with Gasteiger partial charge in [-0.1, -0.05) is 17.7 Å². The Balaban J connectivity index is 3.20. The minimum Gasteiger partial charge on any atom is -0.293 e. The number of hydrogen-bond acceptors (Lipinski definition) is 2. The van der Waals surface area contributed by atoms with Crippen LogP contribution in [0.5, 0.6) is 0 Å². The number of ketones is 1. The molecule has 1 aromatic carbocycles. The summed E-state index contributed by atoms with van der Waals surface area (Å²) in [7, 11) is 0. The number of hydrogen-bond donors (Lipinski definition) is 0. The van der Waals surface area contributed by atoms with E-state index in [2.05, 4.69) is 0 Å². The smallest absolute Gasteiger partial charge is 0.184 e. The third-order valence-electron chi connectivity index (χ3n) is 1.80. The van der Waals surface area contributed by atoms with Crippen LogP contribution in [0.3, 0.4) is 0 Å². The van der Waals surface area contributed by atoms with Gasteiger partial charge in [-0.15, -0.1) is 0 Å². The summed E-state index contributed by atoms with van der Waals surface area (Å²) in [4.78, 5) is 11.5. The molecule has 0 fully saturated rings. The second-order valence-corrected chi connectivity index (χ2v) is 3.22. The number of carbonyl (C=O) groups excluding carboxylic acids is 1. The lowest BCUT2D eigenvalue weighted by Crippen LogP contribution is -2.11. The highest BCUT2D eigenvalue weighted by Crippen LogP contribution is 2.21. The molecule has 0 amide bonds. The average molecular weight is 212 g/mol.